The van der Waals surface area contributed by atoms with Crippen molar-refractivity contribution in [2.24, 2.45) is 5.73 Å². The highest BCUT2D eigenvalue weighted by molar-refractivity contribution is 5.11. The summed E-state index contributed by atoms with van der Waals surface area (Å²) in [5.74, 6) is 0.609. The third-order valence-electron chi connectivity index (χ3n) is 1.97. The lowest BCUT2D eigenvalue weighted by atomic mass is 10.1. The molecule has 0 saturated heterocycles. The van der Waals surface area contributed by atoms with E-state index >= 15 is 0 Å². The summed E-state index contributed by atoms with van der Waals surface area (Å²) < 4.78 is 2.10. The molecule has 0 aliphatic carbocycles. The number of hydrogen-bond acceptors (Lipinski definition) is 1. The van der Waals surface area contributed by atoms with Gasteiger partial charge in [0.1, 0.15) is 0 Å². The smallest absolute Gasteiger partial charge is 0.169 e. The maximum absolute atomic E-state index is 5.44. The molecule has 1 aromatic heterocycles. The second-order valence-electron chi connectivity index (χ2n) is 3.31. The van der Waals surface area contributed by atoms with Crippen molar-refractivity contribution >= 4 is 0 Å². The first-order chi connectivity index (χ1) is 5.74. The fourth-order valence-corrected chi connectivity index (χ4v) is 1.15. The van der Waals surface area contributed by atoms with Gasteiger partial charge in [-0.2, -0.15) is 0 Å². The SMILES string of the molecule is CC(C)c1cc[n+](CCN)cc1. The molecule has 0 unspecified atom stereocenters. The van der Waals surface area contributed by atoms with E-state index in [9.17, 15) is 0 Å². The van der Waals surface area contributed by atoms with E-state index in [2.05, 4.69) is 42.9 Å². The van der Waals surface area contributed by atoms with Gasteiger partial charge in [-0.1, -0.05) is 13.8 Å². The largest absolute Gasteiger partial charge is 0.325 e. The van der Waals surface area contributed by atoms with E-state index in [1.165, 1.54) is 5.56 Å². The molecule has 0 fully saturated rings. The molecule has 12 heavy (non-hydrogen) atoms. The fraction of sp³-hybridized carbons (Fsp3) is 0.500. The number of pyridine rings is 1. The molecule has 2 nitrogen and oxygen atoms in total. The first-order valence-corrected chi connectivity index (χ1v) is 4.43. The summed E-state index contributed by atoms with van der Waals surface area (Å²) in [6, 6.07) is 4.31. The van der Waals surface area contributed by atoms with Crippen LogP contribution in [0.3, 0.4) is 0 Å². The maximum atomic E-state index is 5.44. The van der Waals surface area contributed by atoms with E-state index in [0.29, 0.717) is 12.5 Å². The van der Waals surface area contributed by atoms with Gasteiger partial charge in [0.15, 0.2) is 18.9 Å². The summed E-state index contributed by atoms with van der Waals surface area (Å²) in [6.07, 6.45) is 4.17. The van der Waals surface area contributed by atoms with Gasteiger partial charge in [0, 0.05) is 12.1 Å². The first kappa shape index (κ1) is 9.20. The standard InChI is InChI=1S/C10H17N2/c1-9(2)10-3-6-12(7-4-10)8-5-11/h3-4,6-7,9H,5,8,11H2,1-2H3/q+1. The number of nitrogens with zero attached hydrogens (tertiary/aromatic N) is 1. The molecule has 0 saturated carbocycles. The summed E-state index contributed by atoms with van der Waals surface area (Å²) >= 11 is 0. The molecule has 0 spiro atoms. The Balaban J connectivity index is 2.71. The summed E-state index contributed by atoms with van der Waals surface area (Å²) in [7, 11) is 0. The minimum absolute atomic E-state index is 0.609. The summed E-state index contributed by atoms with van der Waals surface area (Å²) in [5, 5.41) is 0. The maximum Gasteiger partial charge on any atom is 0.169 e. The van der Waals surface area contributed by atoms with Crippen molar-refractivity contribution in [3.63, 3.8) is 0 Å². The van der Waals surface area contributed by atoms with Crippen LogP contribution >= 0.6 is 0 Å². The second-order valence-corrected chi connectivity index (χ2v) is 3.31. The molecule has 2 heteroatoms. The molecule has 1 aromatic rings. The van der Waals surface area contributed by atoms with Crippen LogP contribution in [0.4, 0.5) is 0 Å². The molecule has 0 amide bonds. The molecule has 1 rings (SSSR count). The van der Waals surface area contributed by atoms with Crippen LogP contribution in [0.5, 0.6) is 0 Å². The molecule has 1 heterocycles. The number of nitrogens with two attached hydrogens (primary N) is 1. The predicted octanol–water partition coefficient (Wildman–Crippen LogP) is 1.06. The number of rotatable bonds is 3. The summed E-state index contributed by atoms with van der Waals surface area (Å²) in [6.45, 7) is 6.00. The Labute approximate surface area is 74.0 Å². The van der Waals surface area contributed by atoms with Gasteiger partial charge in [0.05, 0.1) is 6.54 Å². The first-order valence-electron chi connectivity index (χ1n) is 4.43. The van der Waals surface area contributed by atoms with Crippen LogP contribution in [-0.4, -0.2) is 6.54 Å². The zero-order valence-electron chi connectivity index (χ0n) is 7.83. The third kappa shape index (κ3) is 2.31. The van der Waals surface area contributed by atoms with Gasteiger partial charge in [-0.25, -0.2) is 4.57 Å². The van der Waals surface area contributed by atoms with Crippen molar-refractivity contribution in [2.45, 2.75) is 26.3 Å². The van der Waals surface area contributed by atoms with Gasteiger partial charge >= 0.3 is 0 Å². The Bertz CT molecular complexity index is 226. The molecule has 0 aliphatic rings. The van der Waals surface area contributed by atoms with Crippen molar-refractivity contribution in [3.05, 3.63) is 30.1 Å². The van der Waals surface area contributed by atoms with Crippen LogP contribution in [-0.2, 0) is 6.54 Å². The van der Waals surface area contributed by atoms with Crippen LogP contribution in [0.25, 0.3) is 0 Å². The Hall–Kier alpha value is -0.890. The second kappa shape index (κ2) is 4.21. The predicted molar refractivity (Wildman–Crippen MR) is 49.8 cm³/mol. The quantitative estimate of drug-likeness (QED) is 0.667. The van der Waals surface area contributed by atoms with Crippen molar-refractivity contribution in [3.8, 4) is 0 Å². The number of hydrogen-bond donors (Lipinski definition) is 1. The average molecular weight is 165 g/mol. The van der Waals surface area contributed by atoms with E-state index in [1.807, 2.05) is 0 Å². The lowest BCUT2D eigenvalue weighted by Gasteiger charge is -2.02. The number of aromatic nitrogens is 1. The van der Waals surface area contributed by atoms with Gasteiger partial charge in [0.2, 0.25) is 0 Å². The molecular formula is C10H17N2+. The van der Waals surface area contributed by atoms with Crippen LogP contribution in [0.2, 0.25) is 0 Å². The Morgan fingerprint density at radius 3 is 2.33 bits per heavy atom. The van der Waals surface area contributed by atoms with Crippen molar-refractivity contribution < 1.29 is 4.57 Å². The molecule has 0 aromatic carbocycles. The minimum Gasteiger partial charge on any atom is -0.325 e. The lowest BCUT2D eigenvalue weighted by molar-refractivity contribution is -0.694. The Morgan fingerprint density at radius 1 is 1.33 bits per heavy atom. The molecule has 0 aliphatic heterocycles. The molecule has 0 atom stereocenters. The van der Waals surface area contributed by atoms with Gasteiger partial charge in [-0.05, 0) is 11.5 Å². The highest BCUT2D eigenvalue weighted by atomic mass is 14.9. The topological polar surface area (TPSA) is 29.9 Å². The molecule has 66 valence electrons. The Kier molecular flexibility index (Phi) is 3.23. The lowest BCUT2D eigenvalue weighted by Crippen LogP contribution is -2.36. The van der Waals surface area contributed by atoms with E-state index in [0.717, 1.165) is 6.54 Å². The molecular weight excluding hydrogens is 148 g/mol. The van der Waals surface area contributed by atoms with Crippen molar-refractivity contribution in [2.75, 3.05) is 6.54 Å². The molecule has 0 bridgehead atoms. The van der Waals surface area contributed by atoms with Crippen molar-refractivity contribution in [1.29, 1.82) is 0 Å². The van der Waals surface area contributed by atoms with Crippen LogP contribution < -0.4 is 10.3 Å². The highest BCUT2D eigenvalue weighted by Gasteiger charge is 2.01. The van der Waals surface area contributed by atoms with Crippen LogP contribution in [0.1, 0.15) is 25.3 Å². The van der Waals surface area contributed by atoms with Gasteiger partial charge in [-0.15, -0.1) is 0 Å². The summed E-state index contributed by atoms with van der Waals surface area (Å²) in [4.78, 5) is 0. The third-order valence-corrected chi connectivity index (χ3v) is 1.97. The van der Waals surface area contributed by atoms with Crippen LogP contribution in [0.15, 0.2) is 24.5 Å². The van der Waals surface area contributed by atoms with Gasteiger partial charge in [-0.3, -0.25) is 0 Å². The fourth-order valence-electron chi connectivity index (χ4n) is 1.15. The van der Waals surface area contributed by atoms with Gasteiger partial charge in [0.25, 0.3) is 0 Å². The molecule has 0 radical (unpaired) electrons. The van der Waals surface area contributed by atoms with E-state index in [-0.39, 0.29) is 0 Å². The minimum atomic E-state index is 0.609. The summed E-state index contributed by atoms with van der Waals surface area (Å²) in [5.41, 5.74) is 6.82. The van der Waals surface area contributed by atoms with Gasteiger partial charge < -0.3 is 5.73 Å². The highest BCUT2D eigenvalue weighted by Crippen LogP contribution is 2.10. The zero-order valence-corrected chi connectivity index (χ0v) is 7.83. The van der Waals surface area contributed by atoms with Crippen LogP contribution in [0, 0.1) is 0 Å². The van der Waals surface area contributed by atoms with Crippen molar-refractivity contribution in [1.82, 2.24) is 0 Å². The van der Waals surface area contributed by atoms with E-state index < -0.39 is 0 Å². The normalized spacial score (nSPS) is 10.7. The van der Waals surface area contributed by atoms with E-state index in [4.69, 9.17) is 5.73 Å². The monoisotopic (exact) mass is 165 g/mol. The van der Waals surface area contributed by atoms with E-state index in [1.54, 1.807) is 0 Å². The average Bonchev–Trinajstić information content (AvgIpc) is 2.06. The molecule has 2 N–H and O–H groups in total. The Morgan fingerprint density at radius 2 is 1.92 bits per heavy atom. The zero-order chi connectivity index (χ0) is 8.97.